The molecule has 30 heavy (non-hydrogen) atoms. The van der Waals surface area contributed by atoms with Gasteiger partial charge in [0, 0.05) is 54.9 Å². The van der Waals surface area contributed by atoms with Crippen molar-refractivity contribution < 1.29 is 22.7 Å². The van der Waals surface area contributed by atoms with E-state index in [4.69, 9.17) is 4.74 Å². The number of hydrogen-bond donors (Lipinski definition) is 1. The van der Waals surface area contributed by atoms with Crippen molar-refractivity contribution in [3.05, 3.63) is 30.5 Å². The maximum Gasteiger partial charge on any atom is 0.391 e. The van der Waals surface area contributed by atoms with Crippen LogP contribution in [0.15, 0.2) is 30.5 Å². The predicted octanol–water partition coefficient (Wildman–Crippen LogP) is 4.28. The zero-order valence-electron chi connectivity index (χ0n) is 17.0. The molecule has 2 atom stereocenters. The van der Waals surface area contributed by atoms with Crippen LogP contribution in [0.2, 0.25) is 0 Å². The minimum atomic E-state index is -4.22. The molecule has 1 aliphatic carbocycles. The lowest BCUT2D eigenvalue weighted by molar-refractivity contribution is -0.185. The van der Waals surface area contributed by atoms with E-state index in [0.29, 0.717) is 18.5 Å². The summed E-state index contributed by atoms with van der Waals surface area (Å²) in [7, 11) is 0. The van der Waals surface area contributed by atoms with Crippen molar-refractivity contribution in [2.75, 3.05) is 38.2 Å². The molecule has 0 radical (unpaired) electrons. The molecule has 1 saturated carbocycles. The normalized spacial score (nSPS) is 23.6. The van der Waals surface area contributed by atoms with Gasteiger partial charge in [-0.2, -0.15) is 13.2 Å². The fraction of sp³-hybridized carbons (Fsp3) is 0.591. The Bertz CT molecular complexity index is 874. The van der Waals surface area contributed by atoms with Gasteiger partial charge >= 0.3 is 6.18 Å². The number of ether oxygens (including phenoxy) is 1. The van der Waals surface area contributed by atoms with Crippen molar-refractivity contribution in [1.29, 1.82) is 0 Å². The Morgan fingerprint density at radius 2 is 1.93 bits per heavy atom. The van der Waals surface area contributed by atoms with Gasteiger partial charge in [-0.15, -0.1) is 0 Å². The molecule has 2 fully saturated rings. The Kier molecular flexibility index (Phi) is 6.34. The smallest absolute Gasteiger partial charge is 0.379 e. The molecule has 2 unspecified atom stereocenters. The number of hydrogen-bond acceptors (Lipinski definition) is 3. The van der Waals surface area contributed by atoms with Crippen LogP contribution in [0.5, 0.6) is 0 Å². The van der Waals surface area contributed by atoms with E-state index >= 15 is 0 Å². The lowest BCUT2D eigenvalue weighted by Crippen LogP contribution is -2.38. The first-order chi connectivity index (χ1) is 14.4. The van der Waals surface area contributed by atoms with Crippen LogP contribution in [-0.2, 0) is 16.1 Å². The summed E-state index contributed by atoms with van der Waals surface area (Å²) in [6.07, 6.45) is -1.23. The van der Waals surface area contributed by atoms with E-state index in [1.807, 2.05) is 30.5 Å². The molecule has 164 valence electrons. The quantitative estimate of drug-likeness (QED) is 0.781. The summed E-state index contributed by atoms with van der Waals surface area (Å²) in [4.78, 5) is 14.9. The fourth-order valence-corrected chi connectivity index (χ4v) is 4.52. The average molecular weight is 423 g/mol. The van der Waals surface area contributed by atoms with Crippen LogP contribution in [0.4, 0.5) is 18.9 Å². The minimum absolute atomic E-state index is 0.116. The Morgan fingerprint density at radius 3 is 2.70 bits per heavy atom. The third kappa shape index (κ3) is 4.98. The van der Waals surface area contributed by atoms with Gasteiger partial charge in [-0.05, 0) is 43.5 Å². The topological polar surface area (TPSA) is 46.5 Å². The monoisotopic (exact) mass is 423 g/mol. The summed E-state index contributed by atoms with van der Waals surface area (Å²) in [6, 6.07) is 7.69. The molecule has 5 nitrogen and oxygen atoms in total. The van der Waals surface area contributed by atoms with Crippen LogP contribution in [0, 0.1) is 11.8 Å². The average Bonchev–Trinajstić information content (AvgIpc) is 3.15. The first-order valence-corrected chi connectivity index (χ1v) is 10.7. The number of rotatable bonds is 5. The summed E-state index contributed by atoms with van der Waals surface area (Å²) in [5.74, 6) is -2.26. The van der Waals surface area contributed by atoms with E-state index in [1.165, 1.54) is 0 Å². The number of amides is 1. The molecule has 1 N–H and O–H groups in total. The van der Waals surface area contributed by atoms with Gasteiger partial charge < -0.3 is 14.6 Å². The van der Waals surface area contributed by atoms with E-state index in [2.05, 4.69) is 14.8 Å². The molecule has 2 aliphatic rings. The summed E-state index contributed by atoms with van der Waals surface area (Å²) in [5.41, 5.74) is 1.71. The third-order valence-electron chi connectivity index (χ3n) is 6.31. The Morgan fingerprint density at radius 1 is 1.13 bits per heavy atom. The highest BCUT2D eigenvalue weighted by Crippen LogP contribution is 2.40. The number of carbonyl (C=O) groups excluding carboxylic acids is 1. The molecule has 8 heteroatoms. The number of alkyl halides is 3. The highest BCUT2D eigenvalue weighted by atomic mass is 19.4. The highest BCUT2D eigenvalue weighted by molar-refractivity contribution is 5.95. The molecular formula is C22H28F3N3O2. The number of anilines is 1. The second-order valence-corrected chi connectivity index (χ2v) is 8.33. The van der Waals surface area contributed by atoms with Crippen molar-refractivity contribution in [3.8, 4) is 0 Å². The van der Waals surface area contributed by atoms with E-state index in [1.54, 1.807) is 0 Å². The number of carbonyl (C=O) groups is 1. The van der Waals surface area contributed by atoms with Crippen molar-refractivity contribution >= 4 is 22.5 Å². The van der Waals surface area contributed by atoms with Crippen LogP contribution >= 0.6 is 0 Å². The van der Waals surface area contributed by atoms with Gasteiger partial charge in [0.05, 0.1) is 19.1 Å². The molecule has 0 spiro atoms. The molecule has 1 aromatic heterocycles. The van der Waals surface area contributed by atoms with Crippen molar-refractivity contribution in [2.45, 2.75) is 38.4 Å². The molecule has 0 bridgehead atoms. The zero-order valence-corrected chi connectivity index (χ0v) is 17.0. The van der Waals surface area contributed by atoms with Gasteiger partial charge in [0.25, 0.3) is 0 Å². The Balaban J connectivity index is 1.37. The fourth-order valence-electron chi connectivity index (χ4n) is 4.52. The summed E-state index contributed by atoms with van der Waals surface area (Å²) in [5, 5.41) is 3.84. The predicted molar refractivity (Wildman–Crippen MR) is 109 cm³/mol. The van der Waals surface area contributed by atoms with Crippen molar-refractivity contribution in [2.24, 2.45) is 11.8 Å². The summed E-state index contributed by atoms with van der Waals surface area (Å²) >= 11 is 0. The van der Waals surface area contributed by atoms with E-state index in [9.17, 15) is 18.0 Å². The minimum Gasteiger partial charge on any atom is -0.379 e. The highest BCUT2D eigenvalue weighted by Gasteiger charge is 2.43. The standard InChI is InChI=1S/C22H28F3N3O2/c23-22(24,25)18-3-1-2-17(14-18)21(29)26-19-4-5-20-16(15-19)6-7-28(20)9-8-27-10-12-30-13-11-27/h4-7,15,17-18H,1-3,8-14H2,(H,26,29). The molecular weight excluding hydrogens is 395 g/mol. The maximum atomic E-state index is 13.0. The molecule has 1 amide bonds. The molecule has 2 aromatic rings. The lowest BCUT2D eigenvalue weighted by Gasteiger charge is -2.29. The van der Waals surface area contributed by atoms with Gasteiger partial charge in [0.15, 0.2) is 0 Å². The molecule has 4 rings (SSSR count). The van der Waals surface area contributed by atoms with Crippen LogP contribution in [0.25, 0.3) is 10.9 Å². The SMILES string of the molecule is O=C(Nc1ccc2c(ccn2CCN2CCOCC2)c1)C1CCCC(C(F)(F)F)C1. The van der Waals surface area contributed by atoms with E-state index in [-0.39, 0.29) is 18.7 Å². The second-order valence-electron chi connectivity index (χ2n) is 8.33. The van der Waals surface area contributed by atoms with E-state index < -0.39 is 18.0 Å². The number of halogens is 3. The Hall–Kier alpha value is -2.06. The first kappa shape index (κ1) is 21.2. The van der Waals surface area contributed by atoms with Gasteiger partial charge in [-0.25, -0.2) is 0 Å². The summed E-state index contributed by atoms with van der Waals surface area (Å²) in [6.45, 7) is 5.28. The molecule has 2 heterocycles. The zero-order chi connectivity index (χ0) is 21.1. The van der Waals surface area contributed by atoms with Gasteiger partial charge in [-0.1, -0.05) is 6.42 Å². The van der Waals surface area contributed by atoms with Crippen LogP contribution in [-0.4, -0.2) is 54.4 Å². The summed E-state index contributed by atoms with van der Waals surface area (Å²) < 4.78 is 46.6. The van der Waals surface area contributed by atoms with Gasteiger partial charge in [0.2, 0.25) is 5.91 Å². The first-order valence-electron chi connectivity index (χ1n) is 10.7. The van der Waals surface area contributed by atoms with Crippen molar-refractivity contribution in [3.63, 3.8) is 0 Å². The largest absolute Gasteiger partial charge is 0.391 e. The van der Waals surface area contributed by atoms with Crippen molar-refractivity contribution in [1.82, 2.24) is 9.47 Å². The molecule has 1 aliphatic heterocycles. The van der Waals surface area contributed by atoms with Gasteiger partial charge in [0.1, 0.15) is 0 Å². The number of fused-ring (bicyclic) bond motifs is 1. The van der Waals surface area contributed by atoms with E-state index in [0.717, 1.165) is 50.3 Å². The van der Waals surface area contributed by atoms with Crippen LogP contribution < -0.4 is 5.32 Å². The van der Waals surface area contributed by atoms with Gasteiger partial charge in [-0.3, -0.25) is 9.69 Å². The number of aromatic nitrogens is 1. The molecule has 1 aromatic carbocycles. The number of nitrogens with one attached hydrogen (secondary N) is 1. The van der Waals surface area contributed by atoms with Crippen LogP contribution in [0.1, 0.15) is 25.7 Å². The third-order valence-corrected chi connectivity index (χ3v) is 6.31. The number of nitrogens with zero attached hydrogens (tertiary/aromatic N) is 2. The number of benzene rings is 1. The number of morpholine rings is 1. The van der Waals surface area contributed by atoms with Crippen LogP contribution in [0.3, 0.4) is 0 Å². The second kappa shape index (κ2) is 8.98. The molecule has 1 saturated heterocycles. The lowest BCUT2D eigenvalue weighted by atomic mass is 9.80. The Labute approximate surface area is 174 Å². The maximum absolute atomic E-state index is 13.0.